The molecule has 1 aliphatic heterocycles. The number of para-hydroxylation sites is 1. The minimum atomic E-state index is -0.246. The van der Waals surface area contributed by atoms with Crippen LogP contribution in [0.15, 0.2) is 18.2 Å². The van der Waals surface area contributed by atoms with E-state index in [-0.39, 0.29) is 5.82 Å². The van der Waals surface area contributed by atoms with E-state index >= 15 is 0 Å². The van der Waals surface area contributed by atoms with Crippen LogP contribution >= 0.6 is 12.2 Å². The second-order valence-corrected chi connectivity index (χ2v) is 5.12. The Hall–Kier alpha value is -1.20. The molecule has 1 saturated heterocycles. The van der Waals surface area contributed by atoms with Crippen molar-refractivity contribution in [1.82, 2.24) is 9.55 Å². The van der Waals surface area contributed by atoms with Crippen LogP contribution in [0.5, 0.6) is 0 Å². The summed E-state index contributed by atoms with van der Waals surface area (Å²) >= 11 is 5.29. The van der Waals surface area contributed by atoms with Gasteiger partial charge in [0, 0.05) is 19.8 Å². The largest absolute Gasteiger partial charge is 0.381 e. The van der Waals surface area contributed by atoms with Gasteiger partial charge in [-0.3, -0.25) is 0 Å². The number of benzene rings is 1. The number of aromatic nitrogens is 2. The first-order valence-corrected chi connectivity index (χ1v) is 6.61. The summed E-state index contributed by atoms with van der Waals surface area (Å²) in [6.45, 7) is 2.47. The van der Waals surface area contributed by atoms with E-state index in [9.17, 15) is 4.39 Å². The predicted octanol–water partition coefficient (Wildman–Crippen LogP) is 3.26. The zero-order valence-corrected chi connectivity index (χ0v) is 10.8. The molecule has 3 rings (SSSR count). The van der Waals surface area contributed by atoms with E-state index in [1.165, 1.54) is 6.07 Å². The lowest BCUT2D eigenvalue weighted by Crippen LogP contribution is -2.20. The number of nitrogens with one attached hydrogen (secondary N) is 1. The van der Waals surface area contributed by atoms with Crippen LogP contribution in [0.2, 0.25) is 0 Å². The molecular formula is C13H15FN2OS. The Kier molecular flexibility index (Phi) is 3.18. The van der Waals surface area contributed by atoms with Crippen molar-refractivity contribution < 1.29 is 9.13 Å². The molecule has 0 radical (unpaired) electrons. The number of H-pyrrole nitrogens is 1. The average Bonchev–Trinajstić information content (AvgIpc) is 2.70. The predicted molar refractivity (Wildman–Crippen MR) is 70.6 cm³/mol. The van der Waals surface area contributed by atoms with Gasteiger partial charge in [0.15, 0.2) is 4.77 Å². The Bertz CT molecular complexity index is 613. The van der Waals surface area contributed by atoms with Gasteiger partial charge in [-0.15, -0.1) is 0 Å². The minimum Gasteiger partial charge on any atom is -0.381 e. The van der Waals surface area contributed by atoms with Crippen molar-refractivity contribution in [3.8, 4) is 0 Å². The molecule has 96 valence electrons. The fourth-order valence-electron chi connectivity index (χ4n) is 2.51. The molecule has 0 amide bonds. The first kappa shape index (κ1) is 11.9. The number of halogens is 1. The van der Waals surface area contributed by atoms with E-state index in [0.717, 1.165) is 38.1 Å². The first-order chi connectivity index (χ1) is 8.75. The van der Waals surface area contributed by atoms with Gasteiger partial charge in [-0.25, -0.2) is 4.39 Å². The fraction of sp³-hybridized carbons (Fsp3) is 0.462. The molecule has 18 heavy (non-hydrogen) atoms. The third-order valence-electron chi connectivity index (χ3n) is 3.54. The van der Waals surface area contributed by atoms with Crippen LogP contribution in [-0.2, 0) is 11.3 Å². The van der Waals surface area contributed by atoms with Crippen LogP contribution in [0, 0.1) is 16.5 Å². The van der Waals surface area contributed by atoms with Gasteiger partial charge < -0.3 is 14.3 Å². The minimum absolute atomic E-state index is 0.246. The van der Waals surface area contributed by atoms with E-state index in [0.29, 0.717) is 16.2 Å². The van der Waals surface area contributed by atoms with Crippen LogP contribution in [0.3, 0.4) is 0 Å². The summed E-state index contributed by atoms with van der Waals surface area (Å²) in [5.41, 5.74) is 1.36. The Morgan fingerprint density at radius 2 is 2.17 bits per heavy atom. The molecule has 0 aliphatic carbocycles. The molecule has 0 bridgehead atoms. The summed E-state index contributed by atoms with van der Waals surface area (Å²) in [5, 5.41) is 0. The van der Waals surface area contributed by atoms with Crippen molar-refractivity contribution in [1.29, 1.82) is 0 Å². The molecule has 0 spiro atoms. The zero-order chi connectivity index (χ0) is 12.5. The van der Waals surface area contributed by atoms with Gasteiger partial charge in [0.1, 0.15) is 11.3 Å². The standard InChI is InChI=1S/C13H15FN2OS/c14-10-2-1-3-11-12(10)15-13(18)16(11)8-9-4-6-17-7-5-9/h1-3,9H,4-8H2,(H,15,18). The van der Waals surface area contributed by atoms with Crippen molar-refractivity contribution >= 4 is 23.3 Å². The highest BCUT2D eigenvalue weighted by molar-refractivity contribution is 7.71. The van der Waals surface area contributed by atoms with Crippen LogP contribution in [0.4, 0.5) is 4.39 Å². The maximum absolute atomic E-state index is 13.6. The van der Waals surface area contributed by atoms with E-state index in [4.69, 9.17) is 17.0 Å². The Balaban J connectivity index is 1.98. The van der Waals surface area contributed by atoms with Gasteiger partial charge in [-0.1, -0.05) is 6.07 Å². The topological polar surface area (TPSA) is 29.9 Å². The summed E-state index contributed by atoms with van der Waals surface area (Å²) < 4.78 is 21.6. The molecular weight excluding hydrogens is 251 g/mol. The van der Waals surface area contributed by atoms with Gasteiger partial charge in [0.2, 0.25) is 0 Å². The number of aromatic amines is 1. The maximum Gasteiger partial charge on any atom is 0.178 e. The molecule has 0 saturated carbocycles. The molecule has 1 fully saturated rings. The Morgan fingerprint density at radius 3 is 2.94 bits per heavy atom. The van der Waals surface area contributed by atoms with Crippen molar-refractivity contribution in [2.75, 3.05) is 13.2 Å². The molecule has 2 aromatic rings. The third kappa shape index (κ3) is 2.08. The zero-order valence-electron chi connectivity index (χ0n) is 9.99. The highest BCUT2D eigenvalue weighted by atomic mass is 32.1. The van der Waals surface area contributed by atoms with Crippen LogP contribution in [0.25, 0.3) is 11.0 Å². The summed E-state index contributed by atoms with van der Waals surface area (Å²) in [6, 6.07) is 5.08. The van der Waals surface area contributed by atoms with Crippen molar-refractivity contribution in [3.05, 3.63) is 28.8 Å². The molecule has 5 heteroatoms. The Morgan fingerprint density at radius 1 is 1.39 bits per heavy atom. The Labute approximate surface area is 110 Å². The van der Waals surface area contributed by atoms with Gasteiger partial charge >= 0.3 is 0 Å². The molecule has 1 N–H and O–H groups in total. The molecule has 1 aromatic carbocycles. The van der Waals surface area contributed by atoms with Crippen molar-refractivity contribution in [2.45, 2.75) is 19.4 Å². The lowest BCUT2D eigenvalue weighted by Gasteiger charge is -2.22. The number of nitrogens with zero attached hydrogens (tertiary/aromatic N) is 1. The number of hydrogen-bond donors (Lipinski definition) is 1. The number of rotatable bonds is 2. The lowest BCUT2D eigenvalue weighted by molar-refractivity contribution is 0.0615. The molecule has 0 atom stereocenters. The highest BCUT2D eigenvalue weighted by Gasteiger charge is 2.16. The normalized spacial score (nSPS) is 17.4. The van der Waals surface area contributed by atoms with E-state index in [2.05, 4.69) is 4.98 Å². The van der Waals surface area contributed by atoms with Crippen LogP contribution in [-0.4, -0.2) is 22.8 Å². The van der Waals surface area contributed by atoms with Gasteiger partial charge in [-0.2, -0.15) is 0 Å². The number of ether oxygens (including phenoxy) is 1. The summed E-state index contributed by atoms with van der Waals surface area (Å²) in [7, 11) is 0. The first-order valence-electron chi connectivity index (χ1n) is 6.20. The summed E-state index contributed by atoms with van der Waals surface area (Å²) in [4.78, 5) is 2.96. The van der Waals surface area contributed by atoms with E-state index in [1.54, 1.807) is 6.07 Å². The fourth-order valence-corrected chi connectivity index (χ4v) is 2.79. The van der Waals surface area contributed by atoms with Gasteiger partial charge in [0.05, 0.1) is 5.52 Å². The van der Waals surface area contributed by atoms with Crippen molar-refractivity contribution in [3.63, 3.8) is 0 Å². The smallest absolute Gasteiger partial charge is 0.178 e. The third-order valence-corrected chi connectivity index (χ3v) is 3.86. The molecule has 0 unspecified atom stereocenters. The SMILES string of the molecule is Fc1cccc2c1[nH]c(=S)n2CC1CCOCC1. The number of imidazole rings is 1. The van der Waals surface area contributed by atoms with E-state index < -0.39 is 0 Å². The molecule has 1 aliphatic rings. The highest BCUT2D eigenvalue weighted by Crippen LogP contribution is 2.22. The molecule has 1 aromatic heterocycles. The second-order valence-electron chi connectivity index (χ2n) is 4.73. The summed E-state index contributed by atoms with van der Waals surface area (Å²) in [5.74, 6) is 0.317. The quantitative estimate of drug-likeness (QED) is 0.846. The number of fused-ring (bicyclic) bond motifs is 1. The average molecular weight is 266 g/mol. The monoisotopic (exact) mass is 266 g/mol. The van der Waals surface area contributed by atoms with Gasteiger partial charge in [-0.05, 0) is 43.1 Å². The maximum atomic E-state index is 13.6. The van der Waals surface area contributed by atoms with E-state index in [1.807, 2.05) is 10.6 Å². The molecule has 2 heterocycles. The van der Waals surface area contributed by atoms with Crippen LogP contribution in [0.1, 0.15) is 12.8 Å². The lowest BCUT2D eigenvalue weighted by atomic mass is 10.0. The summed E-state index contributed by atoms with van der Waals surface area (Å²) in [6.07, 6.45) is 2.09. The second kappa shape index (κ2) is 4.82. The molecule has 3 nitrogen and oxygen atoms in total. The van der Waals surface area contributed by atoms with Crippen LogP contribution < -0.4 is 0 Å². The van der Waals surface area contributed by atoms with Gasteiger partial charge in [0.25, 0.3) is 0 Å². The number of hydrogen-bond acceptors (Lipinski definition) is 2. The van der Waals surface area contributed by atoms with Crippen molar-refractivity contribution in [2.24, 2.45) is 5.92 Å².